The Morgan fingerprint density at radius 1 is 1.19 bits per heavy atom. The fourth-order valence-corrected chi connectivity index (χ4v) is 3.36. The van der Waals surface area contributed by atoms with Crippen molar-refractivity contribution < 1.29 is 42.0 Å². The minimum absolute atomic E-state index is 0.114. The Kier molecular flexibility index (Phi) is 6.74. The molecule has 1 heterocycles. The topological polar surface area (TPSA) is 74.2 Å². The van der Waals surface area contributed by atoms with E-state index in [1.165, 1.54) is 6.07 Å². The number of rotatable bonds is 8. The smallest absolute Gasteiger partial charge is 0.493 e. The second-order valence-corrected chi connectivity index (χ2v) is 7.28. The van der Waals surface area contributed by atoms with Crippen molar-refractivity contribution in [3.05, 3.63) is 52.5 Å². The number of ether oxygens (including phenoxy) is 4. The van der Waals surface area contributed by atoms with Gasteiger partial charge in [-0.05, 0) is 36.4 Å². The largest absolute Gasteiger partial charge is 0.509 e. The lowest BCUT2D eigenvalue weighted by Gasteiger charge is -2.25. The van der Waals surface area contributed by atoms with E-state index in [-0.39, 0.29) is 23.8 Å². The van der Waals surface area contributed by atoms with Crippen LogP contribution in [0.5, 0.6) is 17.2 Å². The van der Waals surface area contributed by atoms with Gasteiger partial charge in [-0.15, -0.1) is 0 Å². The summed E-state index contributed by atoms with van der Waals surface area (Å²) in [6, 6.07) is 8.06. The SMILES string of the molecule is CCC1(OC(=O)O)Cc2cc(OCCCOc3ccc(C(F)(F)F)cc3Cl)ccc2O1. The van der Waals surface area contributed by atoms with Crippen LogP contribution in [0.25, 0.3) is 0 Å². The second kappa shape index (κ2) is 9.13. The van der Waals surface area contributed by atoms with Gasteiger partial charge in [0.2, 0.25) is 0 Å². The predicted molar refractivity (Wildman–Crippen MR) is 105 cm³/mol. The maximum Gasteiger partial charge on any atom is 0.509 e. The predicted octanol–water partition coefficient (Wildman–Crippen LogP) is 5.94. The Bertz CT molecular complexity index is 949. The van der Waals surface area contributed by atoms with Gasteiger partial charge in [0.05, 0.1) is 30.2 Å². The van der Waals surface area contributed by atoms with Crippen LogP contribution in [0, 0.1) is 0 Å². The van der Waals surface area contributed by atoms with Gasteiger partial charge >= 0.3 is 12.3 Å². The zero-order valence-corrected chi connectivity index (χ0v) is 17.3. The number of carbonyl (C=O) groups is 1. The fourth-order valence-electron chi connectivity index (χ4n) is 3.12. The molecule has 0 spiro atoms. The maximum absolute atomic E-state index is 12.7. The van der Waals surface area contributed by atoms with E-state index in [0.29, 0.717) is 30.9 Å². The Labute approximate surface area is 181 Å². The molecule has 0 aromatic heterocycles. The lowest BCUT2D eigenvalue weighted by molar-refractivity contribution is -0.140. The van der Waals surface area contributed by atoms with E-state index >= 15 is 0 Å². The molecular weight excluding hydrogens is 441 g/mol. The molecule has 168 valence electrons. The third-order valence-electron chi connectivity index (χ3n) is 4.67. The molecule has 0 saturated carbocycles. The van der Waals surface area contributed by atoms with Crippen molar-refractivity contribution in [3.63, 3.8) is 0 Å². The molecule has 0 bridgehead atoms. The van der Waals surface area contributed by atoms with Crippen molar-refractivity contribution in [3.8, 4) is 17.2 Å². The van der Waals surface area contributed by atoms with Crippen molar-refractivity contribution in [1.29, 1.82) is 0 Å². The van der Waals surface area contributed by atoms with E-state index in [4.69, 9.17) is 35.7 Å². The molecule has 6 nitrogen and oxygen atoms in total. The molecule has 0 aliphatic carbocycles. The Morgan fingerprint density at radius 2 is 1.94 bits per heavy atom. The number of fused-ring (bicyclic) bond motifs is 1. The third kappa shape index (κ3) is 5.66. The van der Waals surface area contributed by atoms with Gasteiger partial charge in [0.25, 0.3) is 5.79 Å². The molecule has 1 aliphatic rings. The normalized spacial score (nSPS) is 17.6. The summed E-state index contributed by atoms with van der Waals surface area (Å²) >= 11 is 5.85. The second-order valence-electron chi connectivity index (χ2n) is 6.87. The fraction of sp³-hybridized carbons (Fsp3) is 0.381. The van der Waals surface area contributed by atoms with Crippen molar-refractivity contribution in [2.75, 3.05) is 13.2 Å². The van der Waals surface area contributed by atoms with Crippen molar-refractivity contribution in [1.82, 2.24) is 0 Å². The highest BCUT2D eigenvalue weighted by Gasteiger charge is 2.42. The van der Waals surface area contributed by atoms with Crippen LogP contribution in [0.3, 0.4) is 0 Å². The van der Waals surface area contributed by atoms with Gasteiger partial charge in [0, 0.05) is 18.4 Å². The van der Waals surface area contributed by atoms with E-state index in [1.807, 2.05) is 0 Å². The van der Waals surface area contributed by atoms with Gasteiger partial charge in [-0.2, -0.15) is 13.2 Å². The Hall–Kier alpha value is -2.81. The number of halogens is 4. The van der Waals surface area contributed by atoms with Crippen LogP contribution in [0.4, 0.5) is 18.0 Å². The van der Waals surface area contributed by atoms with Crippen LogP contribution < -0.4 is 14.2 Å². The molecule has 2 aromatic carbocycles. The molecule has 1 atom stereocenters. The van der Waals surface area contributed by atoms with Crippen LogP contribution in [0.1, 0.15) is 30.9 Å². The minimum Gasteiger partial charge on any atom is -0.493 e. The van der Waals surface area contributed by atoms with Crippen molar-refractivity contribution in [2.45, 2.75) is 38.1 Å². The quantitative estimate of drug-likeness (QED) is 0.388. The van der Waals surface area contributed by atoms with Crippen LogP contribution in [-0.2, 0) is 17.3 Å². The summed E-state index contributed by atoms with van der Waals surface area (Å²) in [6.07, 6.45) is -4.77. The van der Waals surface area contributed by atoms with E-state index < -0.39 is 23.7 Å². The first-order valence-electron chi connectivity index (χ1n) is 9.48. The van der Waals surface area contributed by atoms with Gasteiger partial charge in [-0.25, -0.2) is 4.79 Å². The average molecular weight is 461 g/mol. The summed E-state index contributed by atoms with van der Waals surface area (Å²) in [5.41, 5.74) is -0.0667. The highest BCUT2D eigenvalue weighted by molar-refractivity contribution is 6.32. The number of benzene rings is 2. The molecule has 3 rings (SSSR count). The standard InChI is InChI=1S/C21H20ClF3O6/c1-2-20(31-19(26)27)12-13-10-15(5-7-17(13)30-20)28-8-3-9-29-18-6-4-14(11-16(18)22)21(23,24)25/h4-7,10-11H,2-3,8-9,12H2,1H3,(H,26,27). The molecular formula is C21H20ClF3O6. The number of hydrogen-bond acceptors (Lipinski definition) is 5. The van der Waals surface area contributed by atoms with Crippen LogP contribution >= 0.6 is 11.6 Å². The first kappa shape index (κ1) is 22.9. The summed E-state index contributed by atoms with van der Waals surface area (Å²) in [5, 5.41) is 8.81. The summed E-state index contributed by atoms with van der Waals surface area (Å²) in [6.45, 7) is 2.27. The van der Waals surface area contributed by atoms with Gasteiger partial charge in [-0.1, -0.05) is 18.5 Å². The average Bonchev–Trinajstić information content (AvgIpc) is 3.05. The zero-order valence-electron chi connectivity index (χ0n) is 16.5. The first-order valence-corrected chi connectivity index (χ1v) is 9.86. The molecule has 1 N–H and O–H groups in total. The van der Waals surface area contributed by atoms with E-state index in [0.717, 1.165) is 17.7 Å². The highest BCUT2D eigenvalue weighted by Crippen LogP contribution is 2.40. The van der Waals surface area contributed by atoms with Crippen LogP contribution in [0.2, 0.25) is 5.02 Å². The number of alkyl halides is 3. The van der Waals surface area contributed by atoms with Gasteiger partial charge in [0.15, 0.2) is 0 Å². The van der Waals surface area contributed by atoms with E-state index in [9.17, 15) is 18.0 Å². The van der Waals surface area contributed by atoms with Crippen molar-refractivity contribution in [2.24, 2.45) is 0 Å². The summed E-state index contributed by atoms with van der Waals surface area (Å²) in [7, 11) is 0. The number of carboxylic acid groups (broad SMARTS) is 1. The number of hydrogen-bond donors (Lipinski definition) is 1. The Morgan fingerprint density at radius 3 is 2.58 bits per heavy atom. The molecule has 0 radical (unpaired) electrons. The maximum atomic E-state index is 12.7. The molecule has 0 amide bonds. The summed E-state index contributed by atoms with van der Waals surface area (Å²) in [4.78, 5) is 10.9. The molecule has 0 saturated heterocycles. The lowest BCUT2D eigenvalue weighted by atomic mass is 10.1. The lowest BCUT2D eigenvalue weighted by Crippen LogP contribution is -2.38. The van der Waals surface area contributed by atoms with Gasteiger partial charge < -0.3 is 24.1 Å². The summed E-state index contributed by atoms with van der Waals surface area (Å²) < 4.78 is 59.7. The van der Waals surface area contributed by atoms with Gasteiger partial charge in [0.1, 0.15) is 17.2 Å². The molecule has 0 fully saturated rings. The molecule has 1 unspecified atom stereocenters. The van der Waals surface area contributed by atoms with Crippen LogP contribution in [-0.4, -0.2) is 30.3 Å². The molecule has 1 aliphatic heterocycles. The van der Waals surface area contributed by atoms with E-state index in [1.54, 1.807) is 25.1 Å². The van der Waals surface area contributed by atoms with Crippen LogP contribution in [0.15, 0.2) is 36.4 Å². The first-order chi connectivity index (χ1) is 14.6. The van der Waals surface area contributed by atoms with Crippen molar-refractivity contribution >= 4 is 17.8 Å². The molecule has 10 heteroatoms. The molecule has 31 heavy (non-hydrogen) atoms. The highest BCUT2D eigenvalue weighted by atomic mass is 35.5. The van der Waals surface area contributed by atoms with Gasteiger partial charge in [-0.3, -0.25) is 0 Å². The molecule has 2 aromatic rings. The summed E-state index contributed by atoms with van der Waals surface area (Å²) in [5.74, 6) is 0.0354. The Balaban J connectivity index is 1.48. The minimum atomic E-state index is -4.46. The zero-order chi connectivity index (χ0) is 22.6. The third-order valence-corrected chi connectivity index (χ3v) is 4.97. The monoisotopic (exact) mass is 460 g/mol. The van der Waals surface area contributed by atoms with E-state index in [2.05, 4.69) is 0 Å².